The van der Waals surface area contributed by atoms with Gasteiger partial charge in [-0.25, -0.2) is 0 Å². The standard InChI is InChI=1S/C19H24O2.C2H6/c1-16-7-6-10-18(13-16)15-19(21-12-11-20-2)14-17-8-4-3-5-9-17;1-2/h3-10,13,19H,11-12,14-15H2,1-2H3;1-2H3. The first kappa shape index (κ1) is 19.4. The Balaban J connectivity index is 0.00000127. The van der Waals surface area contributed by atoms with Crippen LogP contribution in [-0.4, -0.2) is 26.4 Å². The second-order valence-electron chi connectivity index (χ2n) is 5.37. The molecule has 1 unspecified atom stereocenters. The molecule has 2 heteroatoms. The summed E-state index contributed by atoms with van der Waals surface area (Å²) in [4.78, 5) is 0. The van der Waals surface area contributed by atoms with Crippen LogP contribution < -0.4 is 0 Å². The largest absolute Gasteiger partial charge is 0.382 e. The van der Waals surface area contributed by atoms with Crippen molar-refractivity contribution in [3.05, 3.63) is 71.3 Å². The Morgan fingerprint density at radius 1 is 0.826 bits per heavy atom. The van der Waals surface area contributed by atoms with Gasteiger partial charge in [-0.2, -0.15) is 0 Å². The Labute approximate surface area is 141 Å². The highest BCUT2D eigenvalue weighted by Gasteiger charge is 2.11. The van der Waals surface area contributed by atoms with Crippen LogP contribution in [0.4, 0.5) is 0 Å². The first-order chi connectivity index (χ1) is 11.3. The molecule has 0 saturated heterocycles. The van der Waals surface area contributed by atoms with E-state index in [9.17, 15) is 0 Å². The number of benzene rings is 2. The van der Waals surface area contributed by atoms with Crippen molar-refractivity contribution in [3.63, 3.8) is 0 Å². The Bertz CT molecular complexity index is 522. The van der Waals surface area contributed by atoms with Gasteiger partial charge in [0.05, 0.1) is 19.3 Å². The molecule has 126 valence electrons. The zero-order chi connectivity index (χ0) is 16.9. The number of hydrogen-bond acceptors (Lipinski definition) is 2. The summed E-state index contributed by atoms with van der Waals surface area (Å²) in [6.45, 7) is 7.40. The van der Waals surface area contributed by atoms with E-state index in [2.05, 4.69) is 55.5 Å². The Morgan fingerprint density at radius 3 is 2.13 bits per heavy atom. The molecule has 0 amide bonds. The Kier molecular flexibility index (Phi) is 10.0. The van der Waals surface area contributed by atoms with Gasteiger partial charge in [-0.3, -0.25) is 0 Å². The fraction of sp³-hybridized carbons (Fsp3) is 0.429. The van der Waals surface area contributed by atoms with Crippen molar-refractivity contribution in [1.29, 1.82) is 0 Å². The first-order valence-electron chi connectivity index (χ1n) is 8.48. The zero-order valence-electron chi connectivity index (χ0n) is 14.9. The van der Waals surface area contributed by atoms with Crippen LogP contribution in [0.2, 0.25) is 0 Å². The van der Waals surface area contributed by atoms with Crippen LogP contribution in [0.15, 0.2) is 54.6 Å². The van der Waals surface area contributed by atoms with Crippen LogP contribution in [0.3, 0.4) is 0 Å². The molecule has 0 aliphatic carbocycles. The maximum absolute atomic E-state index is 6.01. The average molecular weight is 314 g/mol. The molecule has 0 aromatic heterocycles. The first-order valence-corrected chi connectivity index (χ1v) is 8.48. The normalized spacial score (nSPS) is 11.5. The van der Waals surface area contributed by atoms with Gasteiger partial charge in [-0.05, 0) is 30.9 Å². The van der Waals surface area contributed by atoms with Gasteiger partial charge in [0, 0.05) is 7.11 Å². The molecule has 0 spiro atoms. The summed E-state index contributed by atoms with van der Waals surface area (Å²) >= 11 is 0. The maximum Gasteiger partial charge on any atom is 0.0704 e. The van der Waals surface area contributed by atoms with E-state index < -0.39 is 0 Å². The fourth-order valence-corrected chi connectivity index (χ4v) is 2.47. The number of hydrogen-bond donors (Lipinski definition) is 0. The van der Waals surface area contributed by atoms with E-state index in [4.69, 9.17) is 9.47 Å². The van der Waals surface area contributed by atoms with Crippen LogP contribution in [0, 0.1) is 6.92 Å². The number of ether oxygens (including phenoxy) is 2. The highest BCUT2D eigenvalue weighted by atomic mass is 16.5. The topological polar surface area (TPSA) is 18.5 Å². The van der Waals surface area contributed by atoms with Crippen LogP contribution in [0.5, 0.6) is 0 Å². The molecule has 0 heterocycles. The van der Waals surface area contributed by atoms with Crippen LogP contribution in [0.1, 0.15) is 30.5 Å². The lowest BCUT2D eigenvalue weighted by Gasteiger charge is -2.18. The van der Waals surface area contributed by atoms with Crippen molar-refractivity contribution in [2.45, 2.75) is 39.7 Å². The summed E-state index contributed by atoms with van der Waals surface area (Å²) < 4.78 is 11.1. The van der Waals surface area contributed by atoms with E-state index in [1.807, 2.05) is 19.9 Å². The molecule has 0 saturated carbocycles. The minimum absolute atomic E-state index is 0.185. The monoisotopic (exact) mass is 314 g/mol. The van der Waals surface area contributed by atoms with Crippen molar-refractivity contribution in [3.8, 4) is 0 Å². The van der Waals surface area contributed by atoms with E-state index >= 15 is 0 Å². The fourth-order valence-electron chi connectivity index (χ4n) is 2.47. The van der Waals surface area contributed by atoms with Crippen LogP contribution >= 0.6 is 0 Å². The van der Waals surface area contributed by atoms with Crippen molar-refractivity contribution >= 4 is 0 Å². The number of rotatable bonds is 8. The Morgan fingerprint density at radius 2 is 1.48 bits per heavy atom. The van der Waals surface area contributed by atoms with Crippen molar-refractivity contribution in [2.75, 3.05) is 20.3 Å². The molecule has 0 fully saturated rings. The molecular weight excluding hydrogens is 284 g/mol. The molecule has 0 N–H and O–H groups in total. The second-order valence-corrected chi connectivity index (χ2v) is 5.37. The SMILES string of the molecule is CC.COCCOC(Cc1ccccc1)Cc1cccc(C)c1. The minimum Gasteiger partial charge on any atom is -0.382 e. The molecule has 0 aliphatic rings. The third-order valence-corrected chi connectivity index (χ3v) is 3.49. The lowest BCUT2D eigenvalue weighted by molar-refractivity contribution is 0.0178. The predicted octanol–water partition coefficient (Wildman–Crippen LogP) is 4.84. The summed E-state index contributed by atoms with van der Waals surface area (Å²) in [6.07, 6.45) is 2.04. The summed E-state index contributed by atoms with van der Waals surface area (Å²) in [6, 6.07) is 19.2. The third kappa shape index (κ3) is 7.96. The van der Waals surface area contributed by atoms with Crippen molar-refractivity contribution < 1.29 is 9.47 Å². The molecule has 1 atom stereocenters. The van der Waals surface area contributed by atoms with E-state index in [0.717, 1.165) is 12.8 Å². The maximum atomic E-state index is 6.01. The number of methoxy groups -OCH3 is 1. The van der Waals surface area contributed by atoms with Gasteiger partial charge >= 0.3 is 0 Å². The lowest BCUT2D eigenvalue weighted by atomic mass is 10.00. The molecule has 0 bridgehead atoms. The van der Waals surface area contributed by atoms with Gasteiger partial charge in [-0.15, -0.1) is 0 Å². The molecule has 23 heavy (non-hydrogen) atoms. The van der Waals surface area contributed by atoms with Gasteiger partial charge in [0.15, 0.2) is 0 Å². The minimum atomic E-state index is 0.185. The second kappa shape index (κ2) is 11.9. The van der Waals surface area contributed by atoms with Gasteiger partial charge in [0.1, 0.15) is 0 Å². The van der Waals surface area contributed by atoms with E-state index in [1.54, 1.807) is 7.11 Å². The molecule has 2 nitrogen and oxygen atoms in total. The molecule has 0 aliphatic heterocycles. The number of aryl methyl sites for hydroxylation is 1. The van der Waals surface area contributed by atoms with Crippen LogP contribution in [0.25, 0.3) is 0 Å². The average Bonchev–Trinajstić information content (AvgIpc) is 2.58. The highest BCUT2D eigenvalue weighted by molar-refractivity contribution is 5.23. The smallest absolute Gasteiger partial charge is 0.0704 e. The quantitative estimate of drug-likeness (QED) is 0.649. The van der Waals surface area contributed by atoms with E-state index in [-0.39, 0.29) is 6.10 Å². The van der Waals surface area contributed by atoms with Crippen LogP contribution in [-0.2, 0) is 22.3 Å². The lowest BCUT2D eigenvalue weighted by Crippen LogP contribution is -2.21. The molecule has 2 rings (SSSR count). The van der Waals surface area contributed by atoms with E-state index in [1.165, 1.54) is 16.7 Å². The van der Waals surface area contributed by atoms with Crippen molar-refractivity contribution in [1.82, 2.24) is 0 Å². The van der Waals surface area contributed by atoms with Crippen molar-refractivity contribution in [2.24, 2.45) is 0 Å². The molecular formula is C21H30O2. The van der Waals surface area contributed by atoms with Gasteiger partial charge < -0.3 is 9.47 Å². The summed E-state index contributed by atoms with van der Waals surface area (Å²) in [7, 11) is 1.70. The van der Waals surface area contributed by atoms with E-state index in [0.29, 0.717) is 13.2 Å². The predicted molar refractivity (Wildman–Crippen MR) is 98.0 cm³/mol. The van der Waals surface area contributed by atoms with Gasteiger partial charge in [-0.1, -0.05) is 74.0 Å². The molecule has 0 radical (unpaired) electrons. The molecule has 2 aromatic rings. The summed E-state index contributed by atoms with van der Waals surface area (Å²) in [5.74, 6) is 0. The zero-order valence-corrected chi connectivity index (χ0v) is 14.9. The van der Waals surface area contributed by atoms with Gasteiger partial charge in [0.2, 0.25) is 0 Å². The van der Waals surface area contributed by atoms with Gasteiger partial charge in [0.25, 0.3) is 0 Å². The molecule has 2 aromatic carbocycles. The summed E-state index contributed by atoms with van der Waals surface area (Å²) in [5, 5.41) is 0. The summed E-state index contributed by atoms with van der Waals surface area (Å²) in [5.41, 5.74) is 3.93. The Hall–Kier alpha value is -1.64. The third-order valence-electron chi connectivity index (χ3n) is 3.49. The highest BCUT2D eigenvalue weighted by Crippen LogP contribution is 2.13.